The molecular formula is C12H17BrN2O2. The van der Waals surface area contributed by atoms with Gasteiger partial charge in [0.15, 0.2) is 0 Å². The second-order valence-electron chi connectivity index (χ2n) is 3.48. The molecule has 0 saturated heterocycles. The lowest BCUT2D eigenvalue weighted by Crippen LogP contribution is -2.27. The van der Waals surface area contributed by atoms with Crippen LogP contribution in [0.25, 0.3) is 0 Å². The number of halogens is 1. The number of hydrogen-bond acceptors (Lipinski definition) is 3. The quantitative estimate of drug-likeness (QED) is 0.751. The molecule has 0 radical (unpaired) electrons. The molecule has 0 heterocycles. The summed E-state index contributed by atoms with van der Waals surface area (Å²) in [7, 11) is 1.64. The largest absolute Gasteiger partial charge is 0.492 e. The molecule has 0 spiro atoms. The number of carbonyl (C=O) groups excluding carboxylic acids is 1. The molecule has 94 valence electrons. The van der Waals surface area contributed by atoms with Gasteiger partial charge in [0.25, 0.3) is 0 Å². The van der Waals surface area contributed by atoms with Gasteiger partial charge < -0.3 is 15.4 Å². The molecule has 1 rings (SSSR count). The third-order valence-electron chi connectivity index (χ3n) is 2.17. The first-order chi connectivity index (χ1) is 8.22. The Labute approximate surface area is 110 Å². The lowest BCUT2D eigenvalue weighted by atomic mass is 10.3. The maximum absolute atomic E-state index is 10.9. The number of nitrogens with one attached hydrogen (secondary N) is 2. The summed E-state index contributed by atoms with van der Waals surface area (Å²) in [6, 6.07) is 7.70. The molecule has 0 fully saturated rings. The van der Waals surface area contributed by atoms with Crippen LogP contribution in [0.15, 0.2) is 28.7 Å². The lowest BCUT2D eigenvalue weighted by molar-refractivity contribution is -0.120. The van der Waals surface area contributed by atoms with Gasteiger partial charge in [-0.1, -0.05) is 15.9 Å². The smallest absolute Gasteiger partial charge is 0.221 e. The zero-order valence-corrected chi connectivity index (χ0v) is 11.4. The minimum absolute atomic E-state index is 0.0475. The summed E-state index contributed by atoms with van der Waals surface area (Å²) >= 11 is 3.36. The van der Waals surface area contributed by atoms with Gasteiger partial charge in [0.05, 0.1) is 0 Å². The van der Waals surface area contributed by atoms with Gasteiger partial charge in [0.2, 0.25) is 5.91 Å². The van der Waals surface area contributed by atoms with E-state index in [0.717, 1.165) is 16.8 Å². The Morgan fingerprint density at radius 1 is 1.29 bits per heavy atom. The molecule has 0 unspecified atom stereocenters. The van der Waals surface area contributed by atoms with Crippen molar-refractivity contribution in [1.82, 2.24) is 10.6 Å². The average molecular weight is 301 g/mol. The van der Waals surface area contributed by atoms with E-state index in [2.05, 4.69) is 26.6 Å². The average Bonchev–Trinajstić information content (AvgIpc) is 2.35. The maximum Gasteiger partial charge on any atom is 0.221 e. The number of hydrogen-bond donors (Lipinski definition) is 2. The van der Waals surface area contributed by atoms with Crippen LogP contribution in [0.5, 0.6) is 5.75 Å². The first kappa shape index (κ1) is 14.0. The van der Waals surface area contributed by atoms with Gasteiger partial charge >= 0.3 is 0 Å². The maximum atomic E-state index is 10.9. The first-order valence-corrected chi connectivity index (χ1v) is 6.31. The van der Waals surface area contributed by atoms with E-state index in [9.17, 15) is 4.79 Å². The number of carbonyl (C=O) groups is 1. The van der Waals surface area contributed by atoms with E-state index in [1.807, 2.05) is 24.3 Å². The Bertz CT molecular complexity index is 341. The fraction of sp³-hybridized carbons (Fsp3) is 0.417. The Balaban J connectivity index is 2.04. The normalized spacial score (nSPS) is 10.0. The van der Waals surface area contributed by atoms with Crippen LogP contribution in [0, 0.1) is 0 Å². The van der Waals surface area contributed by atoms with Crippen LogP contribution in [0.4, 0.5) is 0 Å². The Kier molecular flexibility index (Phi) is 6.65. The molecule has 0 aliphatic carbocycles. The first-order valence-electron chi connectivity index (χ1n) is 5.52. The molecule has 1 amide bonds. The van der Waals surface area contributed by atoms with Crippen LogP contribution >= 0.6 is 15.9 Å². The molecule has 1 aromatic rings. The summed E-state index contributed by atoms with van der Waals surface area (Å²) in [5, 5.41) is 5.71. The van der Waals surface area contributed by atoms with E-state index in [0.29, 0.717) is 19.6 Å². The van der Waals surface area contributed by atoms with Crippen molar-refractivity contribution in [2.24, 2.45) is 0 Å². The predicted octanol–water partition coefficient (Wildman–Crippen LogP) is 1.55. The van der Waals surface area contributed by atoms with Crippen molar-refractivity contribution in [3.63, 3.8) is 0 Å². The molecule has 5 heteroatoms. The van der Waals surface area contributed by atoms with Gasteiger partial charge in [0.1, 0.15) is 12.4 Å². The van der Waals surface area contributed by atoms with Crippen LogP contribution in [-0.2, 0) is 4.79 Å². The highest BCUT2D eigenvalue weighted by Crippen LogP contribution is 2.15. The van der Waals surface area contributed by atoms with Crippen molar-refractivity contribution in [3.8, 4) is 5.75 Å². The molecule has 1 aromatic carbocycles. The monoisotopic (exact) mass is 300 g/mol. The van der Waals surface area contributed by atoms with Gasteiger partial charge in [0, 0.05) is 31.0 Å². The highest BCUT2D eigenvalue weighted by molar-refractivity contribution is 9.10. The van der Waals surface area contributed by atoms with E-state index >= 15 is 0 Å². The van der Waals surface area contributed by atoms with Crippen molar-refractivity contribution in [2.75, 3.05) is 26.7 Å². The number of amides is 1. The fourth-order valence-electron chi connectivity index (χ4n) is 1.22. The highest BCUT2D eigenvalue weighted by atomic mass is 79.9. The van der Waals surface area contributed by atoms with Crippen molar-refractivity contribution < 1.29 is 9.53 Å². The van der Waals surface area contributed by atoms with Crippen LogP contribution in [0.3, 0.4) is 0 Å². The molecule has 0 bridgehead atoms. The molecule has 2 N–H and O–H groups in total. The summed E-state index contributed by atoms with van der Waals surface area (Å²) in [4.78, 5) is 10.9. The van der Waals surface area contributed by atoms with Crippen molar-refractivity contribution in [3.05, 3.63) is 28.7 Å². The predicted molar refractivity (Wildman–Crippen MR) is 71.2 cm³/mol. The molecule has 0 aliphatic rings. The van der Waals surface area contributed by atoms with Crippen molar-refractivity contribution in [2.45, 2.75) is 6.42 Å². The Morgan fingerprint density at radius 2 is 2.00 bits per heavy atom. The summed E-state index contributed by atoms with van der Waals surface area (Å²) in [5.41, 5.74) is 0. The number of benzene rings is 1. The van der Waals surface area contributed by atoms with Gasteiger partial charge in [-0.3, -0.25) is 4.79 Å². The molecule has 17 heavy (non-hydrogen) atoms. The van der Waals surface area contributed by atoms with Crippen LogP contribution < -0.4 is 15.4 Å². The minimum atomic E-state index is 0.0475. The second kappa shape index (κ2) is 8.08. The van der Waals surface area contributed by atoms with Gasteiger partial charge in [-0.15, -0.1) is 0 Å². The van der Waals surface area contributed by atoms with Crippen LogP contribution in [-0.4, -0.2) is 32.7 Å². The standard InChI is InChI=1S/C12H17BrN2O2/c1-14-12(16)6-7-15-8-9-17-11-4-2-10(13)3-5-11/h2-5,15H,6-9H2,1H3,(H,14,16). The topological polar surface area (TPSA) is 50.4 Å². The van der Waals surface area contributed by atoms with Gasteiger partial charge in [-0.25, -0.2) is 0 Å². The zero-order chi connectivity index (χ0) is 12.5. The lowest BCUT2D eigenvalue weighted by Gasteiger charge is -2.07. The molecule has 0 aliphatic heterocycles. The molecule has 4 nitrogen and oxygen atoms in total. The third kappa shape index (κ3) is 6.28. The Hall–Kier alpha value is -1.07. The zero-order valence-electron chi connectivity index (χ0n) is 9.83. The van der Waals surface area contributed by atoms with E-state index in [-0.39, 0.29) is 5.91 Å². The SMILES string of the molecule is CNC(=O)CCNCCOc1ccc(Br)cc1. The van der Waals surface area contributed by atoms with Crippen LogP contribution in [0.2, 0.25) is 0 Å². The summed E-state index contributed by atoms with van der Waals surface area (Å²) in [6.07, 6.45) is 0.495. The van der Waals surface area contributed by atoms with Crippen molar-refractivity contribution >= 4 is 21.8 Å². The number of rotatable bonds is 7. The van der Waals surface area contributed by atoms with Crippen LogP contribution in [0.1, 0.15) is 6.42 Å². The molecule has 0 aromatic heterocycles. The fourth-order valence-corrected chi connectivity index (χ4v) is 1.49. The Morgan fingerprint density at radius 3 is 2.65 bits per heavy atom. The van der Waals surface area contributed by atoms with E-state index in [1.54, 1.807) is 7.05 Å². The van der Waals surface area contributed by atoms with E-state index in [1.165, 1.54) is 0 Å². The second-order valence-corrected chi connectivity index (χ2v) is 4.39. The highest BCUT2D eigenvalue weighted by Gasteiger charge is 1.97. The number of ether oxygens (including phenoxy) is 1. The third-order valence-corrected chi connectivity index (χ3v) is 2.70. The van der Waals surface area contributed by atoms with E-state index in [4.69, 9.17) is 4.74 Å². The summed E-state index contributed by atoms with van der Waals surface area (Å²) in [5.74, 6) is 0.896. The van der Waals surface area contributed by atoms with Gasteiger partial charge in [-0.2, -0.15) is 0 Å². The molecular weight excluding hydrogens is 284 g/mol. The minimum Gasteiger partial charge on any atom is -0.492 e. The summed E-state index contributed by atoms with van der Waals surface area (Å²) < 4.78 is 6.55. The van der Waals surface area contributed by atoms with E-state index < -0.39 is 0 Å². The molecule has 0 saturated carbocycles. The van der Waals surface area contributed by atoms with Gasteiger partial charge in [-0.05, 0) is 24.3 Å². The molecule has 0 atom stereocenters. The van der Waals surface area contributed by atoms with Crippen molar-refractivity contribution in [1.29, 1.82) is 0 Å². The summed E-state index contributed by atoms with van der Waals surface area (Å²) in [6.45, 7) is 1.99.